The van der Waals surface area contributed by atoms with Crippen LogP contribution in [0.15, 0.2) is 24.3 Å². The second-order valence-corrected chi connectivity index (χ2v) is 8.52. The van der Waals surface area contributed by atoms with E-state index in [2.05, 4.69) is 10.3 Å². The van der Waals surface area contributed by atoms with E-state index in [0.717, 1.165) is 36.0 Å². The van der Waals surface area contributed by atoms with E-state index in [1.165, 1.54) is 12.8 Å². The molecule has 1 aliphatic carbocycles. The molecule has 1 unspecified atom stereocenters. The zero-order chi connectivity index (χ0) is 19.7. The predicted molar refractivity (Wildman–Crippen MR) is 110 cm³/mol. The van der Waals surface area contributed by atoms with Crippen LogP contribution in [0.4, 0.5) is 4.79 Å². The molecule has 3 amide bonds. The highest BCUT2D eigenvalue weighted by Crippen LogP contribution is 2.33. The number of urea groups is 1. The first-order chi connectivity index (χ1) is 13.5. The molecule has 150 valence electrons. The minimum Gasteiger partial charge on any atom is -0.357 e. The quantitative estimate of drug-likeness (QED) is 0.799. The van der Waals surface area contributed by atoms with E-state index in [-0.39, 0.29) is 18.0 Å². The average molecular weight is 403 g/mol. The normalized spacial score (nSPS) is 19.6. The molecular weight excluding hydrogens is 376 g/mol. The van der Waals surface area contributed by atoms with Crippen LogP contribution in [0.25, 0.3) is 10.9 Å². The van der Waals surface area contributed by atoms with Crippen molar-refractivity contribution in [2.75, 3.05) is 20.1 Å². The Morgan fingerprint density at radius 1 is 1.29 bits per heavy atom. The summed E-state index contributed by atoms with van der Waals surface area (Å²) in [6, 6.07) is 7.64. The molecule has 1 aromatic carbocycles. The molecule has 2 aromatic rings. The lowest BCUT2D eigenvalue weighted by Crippen LogP contribution is -2.52. The van der Waals surface area contributed by atoms with Gasteiger partial charge in [0.05, 0.1) is 12.6 Å². The molecule has 1 atom stereocenters. The lowest BCUT2D eigenvalue weighted by molar-refractivity contribution is -0.133. The third-order valence-electron chi connectivity index (χ3n) is 5.85. The molecule has 28 heavy (non-hydrogen) atoms. The van der Waals surface area contributed by atoms with E-state index >= 15 is 0 Å². The lowest BCUT2D eigenvalue weighted by atomic mass is 10.0. The Bertz CT molecular complexity index is 876. The molecule has 1 saturated heterocycles. The number of benzene rings is 1. The Morgan fingerprint density at radius 2 is 2.11 bits per heavy atom. The van der Waals surface area contributed by atoms with Crippen LogP contribution in [0.1, 0.15) is 37.8 Å². The minimum absolute atomic E-state index is 0.0680. The average Bonchev–Trinajstić information content (AvgIpc) is 3.42. The van der Waals surface area contributed by atoms with Gasteiger partial charge in [-0.25, -0.2) is 4.79 Å². The molecule has 6 nitrogen and oxygen atoms in total. The predicted octanol–water partition coefficient (Wildman–Crippen LogP) is 3.75. The maximum absolute atomic E-state index is 12.6. The van der Waals surface area contributed by atoms with Gasteiger partial charge in [-0.1, -0.05) is 11.6 Å². The molecule has 1 aliphatic heterocycles. The van der Waals surface area contributed by atoms with E-state index in [0.29, 0.717) is 30.5 Å². The molecule has 2 N–H and O–H groups in total. The zero-order valence-electron chi connectivity index (χ0n) is 16.2. The van der Waals surface area contributed by atoms with Crippen molar-refractivity contribution in [3.8, 4) is 0 Å². The molecule has 0 spiro atoms. The molecule has 4 rings (SSSR count). The van der Waals surface area contributed by atoms with Gasteiger partial charge in [0.2, 0.25) is 5.91 Å². The molecule has 7 heteroatoms. The highest BCUT2D eigenvalue weighted by Gasteiger charge is 2.31. The Labute approximate surface area is 170 Å². The number of carbonyl (C=O) groups excluding carboxylic acids is 2. The van der Waals surface area contributed by atoms with Crippen LogP contribution in [0.5, 0.6) is 0 Å². The Morgan fingerprint density at radius 3 is 2.89 bits per heavy atom. The van der Waals surface area contributed by atoms with Gasteiger partial charge in [0, 0.05) is 48.2 Å². The van der Waals surface area contributed by atoms with Gasteiger partial charge < -0.3 is 20.1 Å². The van der Waals surface area contributed by atoms with E-state index in [4.69, 9.17) is 11.6 Å². The first kappa shape index (κ1) is 19.1. The summed E-state index contributed by atoms with van der Waals surface area (Å²) in [5, 5.41) is 4.70. The Hall–Kier alpha value is -2.21. The second-order valence-electron chi connectivity index (χ2n) is 8.08. The molecule has 0 bridgehead atoms. The molecule has 0 radical (unpaired) electrons. The standard InChI is InChI=1S/C21H27ClN4O2/c1-25(18-3-2-8-26(13-18)20(27)9-14-4-5-14)21(28)23-12-17-11-15-10-16(22)6-7-19(15)24-17/h6-7,10-11,14,18,24H,2-5,8-9,12-13H2,1H3,(H,23,28). The Kier molecular flexibility index (Phi) is 5.49. The van der Waals surface area contributed by atoms with E-state index in [9.17, 15) is 9.59 Å². The smallest absolute Gasteiger partial charge is 0.317 e. The maximum Gasteiger partial charge on any atom is 0.317 e. The number of carbonyl (C=O) groups is 2. The van der Waals surface area contributed by atoms with Crippen LogP contribution in [-0.2, 0) is 11.3 Å². The van der Waals surface area contributed by atoms with Crippen molar-refractivity contribution in [3.05, 3.63) is 35.0 Å². The number of rotatable bonds is 5. The van der Waals surface area contributed by atoms with Gasteiger partial charge in [-0.3, -0.25) is 4.79 Å². The number of nitrogens with zero attached hydrogens (tertiary/aromatic N) is 2. The van der Waals surface area contributed by atoms with Gasteiger partial charge in [0.25, 0.3) is 0 Å². The van der Waals surface area contributed by atoms with Crippen molar-refractivity contribution in [3.63, 3.8) is 0 Å². The van der Waals surface area contributed by atoms with Crippen molar-refractivity contribution >= 4 is 34.4 Å². The number of piperidine rings is 1. The number of hydrogen-bond acceptors (Lipinski definition) is 2. The van der Waals surface area contributed by atoms with Crippen LogP contribution in [0.2, 0.25) is 5.02 Å². The molecular formula is C21H27ClN4O2. The summed E-state index contributed by atoms with van der Waals surface area (Å²) in [7, 11) is 1.82. The van der Waals surface area contributed by atoms with E-state index < -0.39 is 0 Å². The number of halogens is 1. The van der Waals surface area contributed by atoms with E-state index in [1.807, 2.05) is 36.2 Å². The largest absolute Gasteiger partial charge is 0.357 e. The number of aromatic nitrogens is 1. The highest BCUT2D eigenvalue weighted by molar-refractivity contribution is 6.31. The summed E-state index contributed by atoms with van der Waals surface area (Å²) < 4.78 is 0. The van der Waals surface area contributed by atoms with Crippen molar-refractivity contribution in [2.24, 2.45) is 5.92 Å². The molecule has 2 fully saturated rings. The topological polar surface area (TPSA) is 68.4 Å². The lowest BCUT2D eigenvalue weighted by Gasteiger charge is -2.37. The van der Waals surface area contributed by atoms with Gasteiger partial charge in [-0.15, -0.1) is 0 Å². The number of likely N-dealkylation sites (tertiary alicyclic amines) is 1. The van der Waals surface area contributed by atoms with Gasteiger partial charge in [0.1, 0.15) is 0 Å². The number of aromatic amines is 1. The molecule has 2 aliphatic rings. The fraction of sp³-hybridized carbons (Fsp3) is 0.524. The van der Waals surface area contributed by atoms with Gasteiger partial charge >= 0.3 is 6.03 Å². The molecule has 1 aromatic heterocycles. The van der Waals surface area contributed by atoms with E-state index in [1.54, 1.807) is 4.90 Å². The first-order valence-corrected chi connectivity index (χ1v) is 10.4. The van der Waals surface area contributed by atoms with Gasteiger partial charge in [-0.05, 0) is 55.9 Å². The third kappa shape index (κ3) is 4.43. The monoisotopic (exact) mass is 402 g/mol. The van der Waals surface area contributed by atoms with Crippen molar-refractivity contribution in [2.45, 2.75) is 44.7 Å². The number of likely N-dealkylation sites (N-methyl/N-ethyl adjacent to an activating group) is 1. The number of nitrogens with one attached hydrogen (secondary N) is 2. The van der Waals surface area contributed by atoms with Crippen LogP contribution in [0, 0.1) is 5.92 Å². The summed E-state index contributed by atoms with van der Waals surface area (Å²) in [5.74, 6) is 0.845. The molecule has 1 saturated carbocycles. The number of fused-ring (bicyclic) bond motifs is 1. The fourth-order valence-corrected chi connectivity index (χ4v) is 4.10. The number of H-pyrrole nitrogens is 1. The summed E-state index contributed by atoms with van der Waals surface area (Å²) in [4.78, 5) is 32.0. The van der Waals surface area contributed by atoms with Gasteiger partial charge in [0.15, 0.2) is 0 Å². The zero-order valence-corrected chi connectivity index (χ0v) is 17.0. The summed E-state index contributed by atoms with van der Waals surface area (Å²) >= 11 is 6.03. The number of hydrogen-bond donors (Lipinski definition) is 2. The van der Waals surface area contributed by atoms with Crippen molar-refractivity contribution in [1.29, 1.82) is 0 Å². The SMILES string of the molecule is CN(C(=O)NCc1cc2cc(Cl)ccc2[nH]1)C1CCCN(C(=O)CC2CC2)C1. The van der Waals surface area contributed by atoms with Gasteiger partial charge in [-0.2, -0.15) is 0 Å². The van der Waals surface area contributed by atoms with Crippen LogP contribution in [0.3, 0.4) is 0 Å². The fourth-order valence-electron chi connectivity index (χ4n) is 3.92. The summed E-state index contributed by atoms with van der Waals surface area (Å²) in [5.41, 5.74) is 1.93. The first-order valence-electron chi connectivity index (χ1n) is 10.0. The Balaban J connectivity index is 1.31. The van der Waals surface area contributed by atoms with Crippen molar-refractivity contribution < 1.29 is 9.59 Å². The van der Waals surface area contributed by atoms with Crippen molar-refractivity contribution in [1.82, 2.24) is 20.1 Å². The second kappa shape index (κ2) is 8.03. The van der Waals surface area contributed by atoms with Crippen LogP contribution < -0.4 is 5.32 Å². The highest BCUT2D eigenvalue weighted by atomic mass is 35.5. The molecule has 2 heterocycles. The number of amides is 3. The third-order valence-corrected chi connectivity index (χ3v) is 6.08. The van der Waals surface area contributed by atoms with Crippen LogP contribution in [-0.4, -0.2) is 52.9 Å². The minimum atomic E-state index is -0.113. The summed E-state index contributed by atoms with van der Waals surface area (Å²) in [6.07, 6.45) is 4.92. The van der Waals surface area contributed by atoms with Crippen LogP contribution >= 0.6 is 11.6 Å². The summed E-state index contributed by atoms with van der Waals surface area (Å²) in [6.45, 7) is 1.88. The maximum atomic E-state index is 12.6.